The minimum atomic E-state index is -0.0984. The molecule has 0 aromatic heterocycles. The van der Waals surface area contributed by atoms with E-state index in [1.807, 2.05) is 32.0 Å². The second kappa shape index (κ2) is 9.65. The predicted octanol–water partition coefficient (Wildman–Crippen LogP) is 3.09. The highest BCUT2D eigenvalue weighted by Gasteiger charge is 2.24. The van der Waals surface area contributed by atoms with Gasteiger partial charge in [-0.3, -0.25) is 9.59 Å². The van der Waals surface area contributed by atoms with E-state index < -0.39 is 0 Å². The van der Waals surface area contributed by atoms with Crippen molar-refractivity contribution in [2.75, 3.05) is 39.4 Å². The molecule has 0 aliphatic carbocycles. The maximum absolute atomic E-state index is 12.4. The fourth-order valence-corrected chi connectivity index (χ4v) is 3.21. The van der Waals surface area contributed by atoms with Crippen LogP contribution >= 0.6 is 11.6 Å². The van der Waals surface area contributed by atoms with Crippen molar-refractivity contribution in [3.63, 3.8) is 0 Å². The van der Waals surface area contributed by atoms with Crippen LogP contribution in [0.4, 0.5) is 0 Å². The molecule has 6 nitrogen and oxygen atoms in total. The molecule has 2 aromatic carbocycles. The number of hydrogen-bond donors (Lipinski definition) is 0. The lowest BCUT2D eigenvalue weighted by Crippen LogP contribution is -2.52. The zero-order chi connectivity index (χ0) is 20.8. The second-order valence-electron chi connectivity index (χ2n) is 6.99. The molecule has 0 spiro atoms. The molecular formula is C22H25ClN2O4. The number of benzene rings is 2. The Hall–Kier alpha value is -2.73. The number of piperazine rings is 1. The van der Waals surface area contributed by atoms with Crippen LogP contribution in [0.2, 0.25) is 5.02 Å². The molecule has 0 bridgehead atoms. The molecule has 1 fully saturated rings. The van der Waals surface area contributed by atoms with Gasteiger partial charge in [0.25, 0.3) is 11.8 Å². The highest BCUT2D eigenvalue weighted by molar-refractivity contribution is 6.30. The van der Waals surface area contributed by atoms with Crippen molar-refractivity contribution in [3.05, 3.63) is 58.6 Å². The molecule has 7 heteroatoms. The molecule has 0 radical (unpaired) electrons. The van der Waals surface area contributed by atoms with E-state index in [4.69, 9.17) is 21.1 Å². The van der Waals surface area contributed by atoms with Crippen molar-refractivity contribution < 1.29 is 19.1 Å². The lowest BCUT2D eigenvalue weighted by Gasteiger charge is -2.34. The van der Waals surface area contributed by atoms with Gasteiger partial charge in [0, 0.05) is 31.2 Å². The first kappa shape index (κ1) is 21.0. The number of amides is 2. The SMILES string of the molecule is Cc1cccc(OCC(=O)N2CCN(C(=O)COc3ccc(Cl)cc3)CC2)c1C. The first-order valence-electron chi connectivity index (χ1n) is 9.57. The van der Waals surface area contributed by atoms with Crippen LogP contribution in [-0.2, 0) is 9.59 Å². The monoisotopic (exact) mass is 416 g/mol. The quantitative estimate of drug-likeness (QED) is 0.726. The van der Waals surface area contributed by atoms with Crippen molar-refractivity contribution in [3.8, 4) is 11.5 Å². The predicted molar refractivity (Wildman–Crippen MR) is 112 cm³/mol. The summed E-state index contributed by atoms with van der Waals surface area (Å²) in [6.45, 7) is 5.89. The normalized spacial score (nSPS) is 13.9. The smallest absolute Gasteiger partial charge is 0.260 e. The Kier molecular flexibility index (Phi) is 6.99. The maximum atomic E-state index is 12.4. The van der Waals surface area contributed by atoms with E-state index in [-0.39, 0.29) is 25.0 Å². The summed E-state index contributed by atoms with van der Waals surface area (Å²) in [6, 6.07) is 12.7. The molecular weight excluding hydrogens is 392 g/mol. The van der Waals surface area contributed by atoms with E-state index in [1.54, 1.807) is 34.1 Å². The number of carbonyl (C=O) groups is 2. The third-order valence-electron chi connectivity index (χ3n) is 5.07. The first-order chi connectivity index (χ1) is 13.9. The summed E-state index contributed by atoms with van der Waals surface area (Å²) in [5, 5.41) is 0.617. The van der Waals surface area contributed by atoms with Crippen molar-refractivity contribution >= 4 is 23.4 Å². The van der Waals surface area contributed by atoms with Crippen LogP contribution in [0.3, 0.4) is 0 Å². The molecule has 0 N–H and O–H groups in total. The van der Waals surface area contributed by atoms with Crippen LogP contribution < -0.4 is 9.47 Å². The number of hydrogen-bond acceptors (Lipinski definition) is 4. The summed E-state index contributed by atoms with van der Waals surface area (Å²) in [5.41, 5.74) is 2.17. The minimum absolute atomic E-state index is 0.00207. The van der Waals surface area contributed by atoms with Crippen LogP contribution in [0, 0.1) is 13.8 Å². The molecule has 2 aromatic rings. The van der Waals surface area contributed by atoms with E-state index in [1.165, 1.54) is 0 Å². The Labute approximate surface area is 176 Å². The lowest BCUT2D eigenvalue weighted by atomic mass is 10.1. The topological polar surface area (TPSA) is 59.1 Å². The van der Waals surface area contributed by atoms with E-state index in [0.29, 0.717) is 37.0 Å². The molecule has 1 aliphatic rings. The van der Waals surface area contributed by atoms with Crippen molar-refractivity contribution in [1.82, 2.24) is 9.80 Å². The Balaban J connectivity index is 1.42. The summed E-state index contributed by atoms with van der Waals surface area (Å²) in [5.74, 6) is 1.15. The minimum Gasteiger partial charge on any atom is -0.484 e. The van der Waals surface area contributed by atoms with Gasteiger partial charge >= 0.3 is 0 Å². The zero-order valence-corrected chi connectivity index (χ0v) is 17.4. The van der Waals surface area contributed by atoms with E-state index >= 15 is 0 Å². The molecule has 0 atom stereocenters. The van der Waals surface area contributed by atoms with Gasteiger partial charge in [0.15, 0.2) is 13.2 Å². The number of carbonyl (C=O) groups excluding carboxylic acids is 2. The van der Waals surface area contributed by atoms with Crippen molar-refractivity contribution in [1.29, 1.82) is 0 Å². The van der Waals surface area contributed by atoms with E-state index in [0.717, 1.165) is 16.9 Å². The Bertz CT molecular complexity index is 862. The molecule has 3 rings (SSSR count). The number of nitrogens with zero attached hydrogens (tertiary/aromatic N) is 2. The highest BCUT2D eigenvalue weighted by Crippen LogP contribution is 2.20. The maximum Gasteiger partial charge on any atom is 0.260 e. The number of ether oxygens (including phenoxy) is 2. The Morgan fingerprint density at radius 1 is 0.862 bits per heavy atom. The Morgan fingerprint density at radius 3 is 2.00 bits per heavy atom. The van der Waals surface area contributed by atoms with Crippen molar-refractivity contribution in [2.45, 2.75) is 13.8 Å². The standard InChI is InChI=1S/C22H25ClN2O4/c1-16-4-3-5-20(17(16)2)29-15-22(27)25-12-10-24(11-13-25)21(26)14-28-19-8-6-18(23)7-9-19/h3-9H,10-15H2,1-2H3. The molecule has 1 heterocycles. The largest absolute Gasteiger partial charge is 0.484 e. The summed E-state index contributed by atoms with van der Waals surface area (Å²) in [7, 11) is 0. The third kappa shape index (κ3) is 5.64. The molecule has 0 saturated carbocycles. The summed E-state index contributed by atoms with van der Waals surface area (Å²) in [4.78, 5) is 28.2. The van der Waals surface area contributed by atoms with Gasteiger partial charge in [0.1, 0.15) is 11.5 Å². The van der Waals surface area contributed by atoms with Crippen molar-refractivity contribution in [2.24, 2.45) is 0 Å². The molecule has 1 saturated heterocycles. The highest BCUT2D eigenvalue weighted by atomic mass is 35.5. The lowest BCUT2D eigenvalue weighted by molar-refractivity contribution is -0.141. The molecule has 29 heavy (non-hydrogen) atoms. The fourth-order valence-electron chi connectivity index (χ4n) is 3.08. The molecule has 1 aliphatic heterocycles. The van der Waals surface area contributed by atoms with Gasteiger partial charge in [-0.15, -0.1) is 0 Å². The van der Waals surface area contributed by atoms with Gasteiger partial charge in [-0.1, -0.05) is 23.7 Å². The summed E-state index contributed by atoms with van der Waals surface area (Å²) < 4.78 is 11.2. The van der Waals surface area contributed by atoms with E-state index in [9.17, 15) is 9.59 Å². The number of rotatable bonds is 6. The van der Waals surface area contributed by atoms with Gasteiger partial charge < -0.3 is 19.3 Å². The Morgan fingerprint density at radius 2 is 1.41 bits per heavy atom. The molecule has 2 amide bonds. The molecule has 154 valence electrons. The molecule has 0 unspecified atom stereocenters. The van der Waals surface area contributed by atoms with Crippen LogP contribution in [0.1, 0.15) is 11.1 Å². The average Bonchev–Trinajstić information content (AvgIpc) is 2.74. The second-order valence-corrected chi connectivity index (χ2v) is 7.43. The fraction of sp³-hybridized carbons (Fsp3) is 0.364. The van der Waals surface area contributed by atoms with Gasteiger partial charge in [-0.2, -0.15) is 0 Å². The van der Waals surface area contributed by atoms with Gasteiger partial charge in [-0.25, -0.2) is 0 Å². The summed E-state index contributed by atoms with van der Waals surface area (Å²) in [6.07, 6.45) is 0. The number of aryl methyl sites for hydroxylation is 1. The van der Waals surface area contributed by atoms with Crippen LogP contribution in [0.15, 0.2) is 42.5 Å². The van der Waals surface area contributed by atoms with Crippen LogP contribution in [0.25, 0.3) is 0 Å². The zero-order valence-electron chi connectivity index (χ0n) is 16.7. The van der Waals surface area contributed by atoms with E-state index in [2.05, 4.69) is 0 Å². The number of halogens is 1. The van der Waals surface area contributed by atoms with Gasteiger partial charge in [0.2, 0.25) is 0 Å². The van der Waals surface area contributed by atoms with Crippen LogP contribution in [0.5, 0.6) is 11.5 Å². The summed E-state index contributed by atoms with van der Waals surface area (Å²) >= 11 is 5.84. The first-order valence-corrected chi connectivity index (χ1v) is 9.95. The van der Waals surface area contributed by atoms with Crippen LogP contribution in [-0.4, -0.2) is 61.0 Å². The average molecular weight is 417 g/mol. The van der Waals surface area contributed by atoms with Gasteiger partial charge in [0.05, 0.1) is 0 Å². The van der Waals surface area contributed by atoms with Gasteiger partial charge in [-0.05, 0) is 55.3 Å². The third-order valence-corrected chi connectivity index (χ3v) is 5.32.